The van der Waals surface area contributed by atoms with E-state index in [-0.39, 0.29) is 29.6 Å². The fraction of sp³-hybridized carbons (Fsp3) is 0.865. The molecule has 1 unspecified atom stereocenters. The average Bonchev–Trinajstić information content (AvgIpc) is 3.24. The lowest BCUT2D eigenvalue weighted by Gasteiger charge is -2.64. The second-order valence-electron chi connectivity index (χ2n) is 16.4. The monoisotopic (exact) mass is 676 g/mol. The van der Waals surface area contributed by atoms with Crippen LogP contribution in [0.1, 0.15) is 107 Å². The normalized spacial score (nSPS) is 44.4. The first-order valence-corrected chi connectivity index (χ1v) is 17.9. The van der Waals surface area contributed by atoms with Gasteiger partial charge in [-0.05, 0) is 72.5 Å². The van der Waals surface area contributed by atoms with Gasteiger partial charge in [-0.15, -0.1) is 0 Å². The number of esters is 4. The van der Waals surface area contributed by atoms with Crippen molar-refractivity contribution in [1.29, 1.82) is 0 Å². The third-order valence-corrected chi connectivity index (χ3v) is 13.3. The Balaban J connectivity index is 1.58. The molecule has 4 saturated carbocycles. The molecule has 1 saturated heterocycles. The van der Waals surface area contributed by atoms with Crippen molar-refractivity contribution in [2.75, 3.05) is 0 Å². The maximum atomic E-state index is 14.4. The van der Waals surface area contributed by atoms with E-state index in [1.807, 2.05) is 0 Å². The molecule has 5 rings (SSSR count). The number of hydrogen-bond donors (Lipinski definition) is 1. The third-order valence-electron chi connectivity index (χ3n) is 13.3. The minimum atomic E-state index is -1.05. The highest BCUT2D eigenvalue weighted by molar-refractivity contribution is 5.85. The van der Waals surface area contributed by atoms with Crippen LogP contribution in [0.25, 0.3) is 0 Å². The fourth-order valence-electron chi connectivity index (χ4n) is 11.3. The first kappa shape index (κ1) is 36.7. The zero-order valence-corrected chi connectivity index (χ0v) is 30.1. The van der Waals surface area contributed by atoms with Gasteiger partial charge >= 0.3 is 23.9 Å². The van der Waals surface area contributed by atoms with Gasteiger partial charge in [0.05, 0.1) is 6.10 Å². The quantitative estimate of drug-likeness (QED) is 0.293. The molecule has 11 nitrogen and oxygen atoms in total. The van der Waals surface area contributed by atoms with E-state index in [4.69, 9.17) is 23.7 Å². The molecule has 1 heterocycles. The maximum Gasteiger partial charge on any atom is 0.303 e. The molecule has 5 fully saturated rings. The number of aliphatic hydroxyl groups excluding tert-OH is 1. The molecule has 0 amide bonds. The number of carbonyl (C=O) groups is 5. The Labute approximate surface area is 284 Å². The van der Waals surface area contributed by atoms with Crippen molar-refractivity contribution < 1.29 is 52.8 Å². The van der Waals surface area contributed by atoms with Gasteiger partial charge in [-0.25, -0.2) is 0 Å². The van der Waals surface area contributed by atoms with Crippen LogP contribution in [0.3, 0.4) is 0 Å². The molecule has 5 aliphatic rings. The number of hydrogen-bond acceptors (Lipinski definition) is 11. The minimum Gasteiger partial charge on any atom is -0.459 e. The SMILES string of the molecule is CC(=O)O[C@@H]1[C@@H]2[C@@H](OC(C)=O)[C@H](OC(C)=O)[C@H]3[C@H]4C(=O)C[C@H]([C@H](C)[C@H]5C[C@@H](C(C)C)CC(O)O5)[C@@]4(C)CC[C@@H]3[C@@]2(C)CC[C@H]1OC(C)=O. The van der Waals surface area contributed by atoms with Gasteiger partial charge in [0, 0.05) is 58.3 Å². The summed E-state index contributed by atoms with van der Waals surface area (Å²) in [4.78, 5) is 64.7. The molecule has 0 aromatic rings. The van der Waals surface area contributed by atoms with E-state index < -0.39 is 83.2 Å². The van der Waals surface area contributed by atoms with Crippen LogP contribution in [0.2, 0.25) is 0 Å². The molecule has 11 heteroatoms. The number of ether oxygens (including phenoxy) is 5. The van der Waals surface area contributed by atoms with Gasteiger partial charge in [-0.1, -0.05) is 34.6 Å². The van der Waals surface area contributed by atoms with E-state index in [1.54, 1.807) is 0 Å². The zero-order valence-electron chi connectivity index (χ0n) is 30.1. The van der Waals surface area contributed by atoms with Crippen molar-refractivity contribution >= 4 is 29.7 Å². The Morgan fingerprint density at radius 3 is 1.94 bits per heavy atom. The Bertz CT molecular complexity index is 1280. The topological polar surface area (TPSA) is 152 Å². The van der Waals surface area contributed by atoms with E-state index >= 15 is 0 Å². The van der Waals surface area contributed by atoms with Gasteiger partial charge in [-0.3, -0.25) is 24.0 Å². The predicted molar refractivity (Wildman–Crippen MR) is 172 cm³/mol. The van der Waals surface area contributed by atoms with Crippen LogP contribution < -0.4 is 0 Å². The Hall–Kier alpha value is -2.53. The van der Waals surface area contributed by atoms with E-state index in [0.29, 0.717) is 37.5 Å². The van der Waals surface area contributed by atoms with Gasteiger partial charge in [0.25, 0.3) is 0 Å². The Kier molecular flexibility index (Phi) is 10.4. The smallest absolute Gasteiger partial charge is 0.303 e. The fourth-order valence-corrected chi connectivity index (χ4v) is 11.3. The number of carbonyl (C=O) groups excluding carboxylic acids is 5. The van der Waals surface area contributed by atoms with Crippen molar-refractivity contribution in [2.24, 2.45) is 58.2 Å². The molecule has 15 atom stereocenters. The van der Waals surface area contributed by atoms with Crippen LogP contribution in [-0.2, 0) is 47.7 Å². The summed E-state index contributed by atoms with van der Waals surface area (Å²) in [6.07, 6.45) is -0.545. The van der Waals surface area contributed by atoms with Crippen LogP contribution >= 0.6 is 0 Å². The minimum absolute atomic E-state index is 0.00687. The maximum absolute atomic E-state index is 14.4. The second-order valence-corrected chi connectivity index (χ2v) is 16.4. The highest BCUT2D eigenvalue weighted by atomic mass is 16.6. The van der Waals surface area contributed by atoms with Gasteiger partial charge in [0.1, 0.15) is 30.2 Å². The summed E-state index contributed by atoms with van der Waals surface area (Å²) in [6, 6.07) is 0. The summed E-state index contributed by atoms with van der Waals surface area (Å²) >= 11 is 0. The van der Waals surface area contributed by atoms with Crippen molar-refractivity contribution in [3.05, 3.63) is 0 Å². The van der Waals surface area contributed by atoms with E-state index in [0.717, 1.165) is 19.3 Å². The summed E-state index contributed by atoms with van der Waals surface area (Å²) in [6.45, 7) is 15.9. The Morgan fingerprint density at radius 2 is 1.35 bits per heavy atom. The summed E-state index contributed by atoms with van der Waals surface area (Å²) < 4.78 is 30.0. The number of Topliss-reactive ketones (excluding diaryl/α,β-unsaturated/α-hetero) is 1. The van der Waals surface area contributed by atoms with Crippen LogP contribution in [0.5, 0.6) is 0 Å². The molecule has 1 aliphatic heterocycles. The number of rotatable bonds is 7. The largest absolute Gasteiger partial charge is 0.459 e. The highest BCUT2D eigenvalue weighted by Crippen LogP contribution is 2.69. The Morgan fingerprint density at radius 1 is 0.792 bits per heavy atom. The van der Waals surface area contributed by atoms with Gasteiger partial charge in [-0.2, -0.15) is 0 Å². The summed E-state index contributed by atoms with van der Waals surface area (Å²) in [7, 11) is 0. The van der Waals surface area contributed by atoms with Crippen LogP contribution in [0, 0.1) is 58.2 Å². The van der Waals surface area contributed by atoms with E-state index in [1.165, 1.54) is 27.7 Å². The van der Waals surface area contributed by atoms with E-state index in [9.17, 15) is 29.1 Å². The molecule has 4 aliphatic carbocycles. The molecular weight excluding hydrogens is 620 g/mol. The van der Waals surface area contributed by atoms with Crippen LogP contribution in [-0.4, -0.2) is 71.6 Å². The van der Waals surface area contributed by atoms with Crippen molar-refractivity contribution in [2.45, 2.75) is 144 Å². The second kappa shape index (κ2) is 13.6. The van der Waals surface area contributed by atoms with Crippen molar-refractivity contribution in [1.82, 2.24) is 0 Å². The number of ketones is 1. The van der Waals surface area contributed by atoms with Gasteiger partial charge in [0.15, 0.2) is 6.29 Å². The molecule has 0 spiro atoms. The lowest BCUT2D eigenvalue weighted by molar-refractivity contribution is -0.266. The van der Waals surface area contributed by atoms with E-state index in [2.05, 4.69) is 34.6 Å². The molecule has 0 radical (unpaired) electrons. The molecule has 0 bridgehead atoms. The summed E-state index contributed by atoms with van der Waals surface area (Å²) in [5, 5.41) is 10.7. The standard InChI is InChI=1S/C37H56O11/c1-17(2)23-14-28(48-29(43)15-23)18(3)25-16-26(42)31-30-24(10-12-37(25,31)9)36(8)13-11-27(44-19(4)38)33(45-20(5)39)32(36)35(47-22(7)41)34(30)46-21(6)40/h17-18,23-25,27-35,43H,10-16H2,1-9H3/t18-,23+,24-,25+,27+,28+,29?,30+,31+,32+,33-,34+,35+,36+,37+/m0/s1. The molecule has 1 N–H and O–H groups in total. The molecule has 0 aromatic carbocycles. The van der Waals surface area contributed by atoms with Crippen molar-refractivity contribution in [3.63, 3.8) is 0 Å². The molecular formula is C37H56O11. The third kappa shape index (κ3) is 6.54. The lowest BCUT2D eigenvalue weighted by Crippen LogP contribution is -2.70. The molecule has 0 aromatic heterocycles. The summed E-state index contributed by atoms with van der Waals surface area (Å²) in [5.41, 5.74) is -1.06. The van der Waals surface area contributed by atoms with Gasteiger partial charge in [0.2, 0.25) is 0 Å². The van der Waals surface area contributed by atoms with Crippen molar-refractivity contribution in [3.8, 4) is 0 Å². The van der Waals surface area contributed by atoms with Crippen LogP contribution in [0.4, 0.5) is 0 Å². The predicted octanol–water partition coefficient (Wildman–Crippen LogP) is 4.79. The molecule has 48 heavy (non-hydrogen) atoms. The summed E-state index contributed by atoms with van der Waals surface area (Å²) in [5.74, 6) is -3.18. The zero-order chi connectivity index (χ0) is 35.5. The first-order valence-electron chi connectivity index (χ1n) is 17.9. The first-order chi connectivity index (χ1) is 22.4. The van der Waals surface area contributed by atoms with Crippen LogP contribution in [0.15, 0.2) is 0 Å². The highest BCUT2D eigenvalue weighted by Gasteiger charge is 2.71. The number of aliphatic hydroxyl groups is 1. The van der Waals surface area contributed by atoms with Gasteiger partial charge < -0.3 is 28.8 Å². The number of fused-ring (bicyclic) bond motifs is 5. The lowest BCUT2D eigenvalue weighted by atomic mass is 9.42. The molecule has 270 valence electrons. The average molecular weight is 677 g/mol.